The summed E-state index contributed by atoms with van der Waals surface area (Å²) in [5.41, 5.74) is 3.13. The van der Waals surface area contributed by atoms with Crippen molar-refractivity contribution in [3.05, 3.63) is 50.7 Å². The Hall–Kier alpha value is -2.17. The van der Waals surface area contributed by atoms with Gasteiger partial charge in [-0.2, -0.15) is 0 Å². The van der Waals surface area contributed by atoms with Crippen LogP contribution in [0, 0.1) is 0 Å². The minimum absolute atomic E-state index is 0.378. The molecule has 0 fully saturated rings. The largest absolute Gasteiger partial charge is 0.370 e. The van der Waals surface area contributed by atoms with E-state index in [1.165, 1.54) is 0 Å². The van der Waals surface area contributed by atoms with Crippen molar-refractivity contribution in [3.8, 4) is 0 Å². The SMILES string of the molecule is CNc1nc2ccsc2n2c(Cl)cnc12.Clc1nc2ccsc2n2c(Cl)cnc12. The Morgan fingerprint density at radius 2 is 1.38 bits per heavy atom. The van der Waals surface area contributed by atoms with E-state index in [-0.39, 0.29) is 0 Å². The zero-order valence-electron chi connectivity index (χ0n) is 14.6. The molecule has 0 aliphatic rings. The van der Waals surface area contributed by atoms with Gasteiger partial charge in [-0.05, 0) is 22.9 Å². The molecule has 6 rings (SSSR count). The molecule has 12 heteroatoms. The molecule has 1 N–H and O–H groups in total. The van der Waals surface area contributed by atoms with Crippen molar-refractivity contribution in [3.63, 3.8) is 0 Å². The van der Waals surface area contributed by atoms with E-state index in [0.29, 0.717) is 21.1 Å². The van der Waals surface area contributed by atoms with Gasteiger partial charge in [-0.3, -0.25) is 8.80 Å². The summed E-state index contributed by atoms with van der Waals surface area (Å²) >= 11 is 21.2. The van der Waals surface area contributed by atoms with Gasteiger partial charge >= 0.3 is 0 Å². The van der Waals surface area contributed by atoms with Crippen LogP contribution in [0.25, 0.3) is 32.0 Å². The Bertz CT molecular complexity index is 1500. The van der Waals surface area contributed by atoms with Gasteiger partial charge in [0.2, 0.25) is 0 Å². The van der Waals surface area contributed by atoms with Gasteiger partial charge in [0.15, 0.2) is 22.3 Å². The third-order valence-corrected chi connectivity index (χ3v) is 6.74. The maximum Gasteiger partial charge on any atom is 0.182 e. The molecule has 7 nitrogen and oxygen atoms in total. The second-order valence-electron chi connectivity index (χ2n) is 5.81. The number of halogens is 3. The summed E-state index contributed by atoms with van der Waals surface area (Å²) in [4.78, 5) is 19.0. The summed E-state index contributed by atoms with van der Waals surface area (Å²) in [6, 6.07) is 3.87. The number of rotatable bonds is 1. The molecule has 6 heterocycles. The number of nitrogens with zero attached hydrogens (tertiary/aromatic N) is 6. The molecule has 29 heavy (non-hydrogen) atoms. The van der Waals surface area contributed by atoms with Crippen LogP contribution in [-0.4, -0.2) is 35.8 Å². The molecule has 0 spiro atoms. The summed E-state index contributed by atoms with van der Waals surface area (Å²) in [6.45, 7) is 0. The average Bonchev–Trinajstić information content (AvgIpc) is 3.48. The van der Waals surface area contributed by atoms with Crippen LogP contribution in [0.4, 0.5) is 5.82 Å². The van der Waals surface area contributed by atoms with Crippen LogP contribution in [0.2, 0.25) is 15.5 Å². The minimum atomic E-state index is 0.378. The van der Waals surface area contributed by atoms with Gasteiger partial charge in [-0.15, -0.1) is 22.7 Å². The Balaban J connectivity index is 0.000000125. The lowest BCUT2D eigenvalue weighted by molar-refractivity contribution is 1.22. The third-order valence-electron chi connectivity index (χ3n) is 4.18. The quantitative estimate of drug-likeness (QED) is 0.316. The molecule has 0 radical (unpaired) electrons. The maximum absolute atomic E-state index is 6.09. The molecule has 146 valence electrons. The predicted octanol–water partition coefficient (Wildman–Crippen LogP) is 5.89. The monoisotopic (exact) mass is 481 g/mol. The maximum atomic E-state index is 6.09. The second kappa shape index (κ2) is 7.26. The molecule has 0 amide bonds. The van der Waals surface area contributed by atoms with Crippen LogP contribution < -0.4 is 5.32 Å². The van der Waals surface area contributed by atoms with Gasteiger partial charge in [0.05, 0.1) is 12.4 Å². The summed E-state index contributed by atoms with van der Waals surface area (Å²) in [7, 11) is 1.82. The van der Waals surface area contributed by atoms with Crippen molar-refractivity contribution in [1.29, 1.82) is 0 Å². The number of thiophene rings is 2. The fraction of sp³-hybridized carbons (Fsp3) is 0.0588. The van der Waals surface area contributed by atoms with Crippen LogP contribution in [0.1, 0.15) is 0 Å². The topological polar surface area (TPSA) is 72.4 Å². The lowest BCUT2D eigenvalue weighted by atomic mass is 10.5. The van der Waals surface area contributed by atoms with Crippen molar-refractivity contribution in [2.45, 2.75) is 0 Å². The van der Waals surface area contributed by atoms with Crippen LogP contribution >= 0.6 is 57.5 Å². The number of hydrogen-bond acceptors (Lipinski definition) is 7. The van der Waals surface area contributed by atoms with Crippen molar-refractivity contribution < 1.29 is 0 Å². The van der Waals surface area contributed by atoms with E-state index < -0.39 is 0 Å². The lowest BCUT2D eigenvalue weighted by Crippen LogP contribution is -1.97. The first-order valence-electron chi connectivity index (χ1n) is 8.22. The average molecular weight is 483 g/mol. The highest BCUT2D eigenvalue weighted by Gasteiger charge is 2.12. The van der Waals surface area contributed by atoms with E-state index in [2.05, 4.69) is 25.3 Å². The smallest absolute Gasteiger partial charge is 0.182 e. The van der Waals surface area contributed by atoms with Gasteiger partial charge in [-0.25, -0.2) is 19.9 Å². The fourth-order valence-electron chi connectivity index (χ4n) is 2.95. The summed E-state index contributed by atoms with van der Waals surface area (Å²) in [5, 5.41) is 8.50. The third kappa shape index (κ3) is 3.01. The number of hydrogen-bond donors (Lipinski definition) is 1. The van der Waals surface area contributed by atoms with Crippen LogP contribution in [0.3, 0.4) is 0 Å². The van der Waals surface area contributed by atoms with Crippen molar-refractivity contribution in [2.75, 3.05) is 12.4 Å². The zero-order chi connectivity index (χ0) is 20.1. The number of anilines is 1. The van der Waals surface area contributed by atoms with Gasteiger partial charge in [0, 0.05) is 7.05 Å². The molecule has 0 unspecified atom stereocenters. The molecule has 0 aliphatic heterocycles. The lowest BCUT2D eigenvalue weighted by Gasteiger charge is -2.03. The number of nitrogens with one attached hydrogen (secondary N) is 1. The molecule has 0 saturated carbocycles. The van der Waals surface area contributed by atoms with Gasteiger partial charge in [0.25, 0.3) is 0 Å². The van der Waals surface area contributed by atoms with E-state index in [9.17, 15) is 0 Å². The fourth-order valence-corrected chi connectivity index (χ4v) is 5.40. The van der Waals surface area contributed by atoms with E-state index in [4.69, 9.17) is 34.8 Å². The Labute approximate surface area is 186 Å². The van der Waals surface area contributed by atoms with Gasteiger partial charge in [-0.1, -0.05) is 34.8 Å². The summed E-state index contributed by atoms with van der Waals surface area (Å²) < 4.78 is 3.71. The minimum Gasteiger partial charge on any atom is -0.370 e. The molecular formula is C17H10Cl3N7S2. The summed E-state index contributed by atoms with van der Waals surface area (Å²) in [5.74, 6) is 0.743. The van der Waals surface area contributed by atoms with Crippen molar-refractivity contribution in [2.24, 2.45) is 0 Å². The molecule has 6 aromatic rings. The number of aromatic nitrogens is 6. The number of imidazole rings is 2. The zero-order valence-corrected chi connectivity index (χ0v) is 18.5. The molecule has 0 bridgehead atoms. The first-order chi connectivity index (χ1) is 14.1. The first kappa shape index (κ1) is 18.8. The van der Waals surface area contributed by atoms with Crippen LogP contribution in [-0.2, 0) is 0 Å². The Morgan fingerprint density at radius 3 is 2.00 bits per heavy atom. The van der Waals surface area contributed by atoms with E-state index in [0.717, 1.165) is 32.2 Å². The second-order valence-corrected chi connectivity index (χ2v) is 8.74. The highest BCUT2D eigenvalue weighted by Crippen LogP contribution is 2.29. The normalized spacial score (nSPS) is 11.4. The van der Waals surface area contributed by atoms with Crippen LogP contribution in [0.15, 0.2) is 35.3 Å². The highest BCUT2D eigenvalue weighted by atomic mass is 35.5. The van der Waals surface area contributed by atoms with E-state index >= 15 is 0 Å². The number of fused-ring (bicyclic) bond motifs is 6. The Morgan fingerprint density at radius 1 is 0.828 bits per heavy atom. The predicted molar refractivity (Wildman–Crippen MR) is 121 cm³/mol. The molecular weight excluding hydrogens is 473 g/mol. The molecule has 0 atom stereocenters. The molecule has 0 aliphatic carbocycles. The van der Waals surface area contributed by atoms with E-state index in [1.807, 2.05) is 34.3 Å². The van der Waals surface area contributed by atoms with Crippen molar-refractivity contribution in [1.82, 2.24) is 28.7 Å². The summed E-state index contributed by atoms with van der Waals surface area (Å²) in [6.07, 6.45) is 3.21. The van der Waals surface area contributed by atoms with Crippen molar-refractivity contribution >= 4 is 95.3 Å². The molecule has 6 aromatic heterocycles. The highest BCUT2D eigenvalue weighted by molar-refractivity contribution is 7.17. The van der Waals surface area contributed by atoms with Crippen LogP contribution in [0.5, 0.6) is 0 Å². The van der Waals surface area contributed by atoms with Gasteiger partial charge in [0.1, 0.15) is 31.0 Å². The Kier molecular flexibility index (Phi) is 4.72. The first-order valence-corrected chi connectivity index (χ1v) is 11.1. The molecule has 0 aromatic carbocycles. The van der Waals surface area contributed by atoms with E-state index in [1.54, 1.807) is 39.5 Å². The molecule has 0 saturated heterocycles. The standard InChI is InChI=1S/C9H7ClN4S.C8H3Cl2N3S/c1-11-7-8-12-4-6(10)14(8)9-5(13-7)2-3-15-9;9-5-3-11-7-6(10)12-4-1-2-14-8(4)13(5)7/h2-4H,1H3,(H,11,13);1-3H. The van der Waals surface area contributed by atoms with Gasteiger partial charge < -0.3 is 5.32 Å².